The minimum Gasteiger partial charge on any atom is -0.372 e. The van der Waals surface area contributed by atoms with Crippen LogP contribution in [0.3, 0.4) is 0 Å². The van der Waals surface area contributed by atoms with Crippen molar-refractivity contribution in [2.45, 2.75) is 46.2 Å². The molecule has 0 spiro atoms. The van der Waals surface area contributed by atoms with Crippen LogP contribution in [-0.4, -0.2) is 48.9 Å². The highest BCUT2D eigenvalue weighted by Gasteiger charge is 2.24. The molecule has 0 bridgehead atoms. The number of carbonyl (C=O) groups excluding carboxylic acids is 2. The van der Waals surface area contributed by atoms with Crippen molar-refractivity contribution >= 4 is 23.2 Å². The van der Waals surface area contributed by atoms with Gasteiger partial charge in [-0.2, -0.15) is 0 Å². The average Bonchev–Trinajstić information content (AvgIpc) is 2.78. The number of benzene rings is 2. The first kappa shape index (κ1) is 22.8. The second kappa shape index (κ2) is 11.0. The molecule has 1 aliphatic rings. The van der Waals surface area contributed by atoms with Crippen LogP contribution in [0.2, 0.25) is 0 Å². The molecule has 0 unspecified atom stereocenters. The molecule has 3 rings (SSSR count). The highest BCUT2D eigenvalue weighted by molar-refractivity contribution is 6.39. The van der Waals surface area contributed by atoms with Gasteiger partial charge in [-0.3, -0.25) is 14.5 Å². The molecule has 1 heterocycles. The van der Waals surface area contributed by atoms with Crippen LogP contribution in [0.25, 0.3) is 0 Å². The second-order valence-corrected chi connectivity index (χ2v) is 8.14. The van der Waals surface area contributed by atoms with E-state index >= 15 is 0 Å². The van der Waals surface area contributed by atoms with Gasteiger partial charge in [0.1, 0.15) is 0 Å². The second-order valence-electron chi connectivity index (χ2n) is 8.14. The van der Waals surface area contributed by atoms with Gasteiger partial charge in [-0.25, -0.2) is 0 Å². The molecule has 0 atom stereocenters. The average molecular weight is 423 g/mol. The molecule has 2 aromatic rings. The molecule has 6 heteroatoms. The van der Waals surface area contributed by atoms with Crippen molar-refractivity contribution in [1.29, 1.82) is 0 Å². The number of carbonyl (C=O) groups is 2. The number of rotatable bonds is 7. The summed E-state index contributed by atoms with van der Waals surface area (Å²) >= 11 is 0. The molecule has 1 fully saturated rings. The number of nitrogens with zero attached hydrogens (tertiary/aromatic N) is 2. The van der Waals surface area contributed by atoms with E-state index in [4.69, 9.17) is 0 Å². The monoisotopic (exact) mass is 422 g/mol. The number of hydrogen-bond acceptors (Lipinski definition) is 4. The van der Waals surface area contributed by atoms with Gasteiger partial charge in [-0.1, -0.05) is 30.3 Å². The molecule has 0 aliphatic carbocycles. The summed E-state index contributed by atoms with van der Waals surface area (Å²) in [6, 6.07) is 16.3. The first-order chi connectivity index (χ1) is 15.0. The zero-order valence-corrected chi connectivity index (χ0v) is 18.9. The summed E-state index contributed by atoms with van der Waals surface area (Å²) in [4.78, 5) is 29.5. The number of nitrogens with one attached hydrogen (secondary N) is 2. The standard InChI is InChI=1S/C25H34N4O2/c1-4-29(5-2)22-11-12-23(19(3)17-22)27-25(31)24(30)26-21-13-15-28(16-14-21)18-20-9-7-6-8-10-20/h6-12,17,21H,4-5,13-16,18H2,1-3H3,(H,26,30)(H,27,31). The Labute approximate surface area is 185 Å². The Balaban J connectivity index is 1.47. The van der Waals surface area contributed by atoms with Crippen LogP contribution in [0.5, 0.6) is 0 Å². The van der Waals surface area contributed by atoms with Crippen molar-refractivity contribution in [1.82, 2.24) is 10.2 Å². The highest BCUT2D eigenvalue weighted by Crippen LogP contribution is 2.22. The third-order valence-corrected chi connectivity index (χ3v) is 5.96. The van der Waals surface area contributed by atoms with Crippen molar-refractivity contribution in [3.05, 3.63) is 59.7 Å². The van der Waals surface area contributed by atoms with Gasteiger partial charge in [-0.05, 0) is 62.9 Å². The predicted octanol–water partition coefficient (Wildman–Crippen LogP) is 3.56. The fraction of sp³-hybridized carbons (Fsp3) is 0.440. The van der Waals surface area contributed by atoms with Crippen LogP contribution < -0.4 is 15.5 Å². The molecule has 1 aliphatic heterocycles. The number of likely N-dealkylation sites (tertiary alicyclic amines) is 1. The Morgan fingerprint density at radius 2 is 1.68 bits per heavy atom. The van der Waals surface area contributed by atoms with Gasteiger partial charge in [0, 0.05) is 50.1 Å². The molecular weight excluding hydrogens is 388 g/mol. The fourth-order valence-corrected chi connectivity index (χ4v) is 4.08. The van der Waals surface area contributed by atoms with Crippen LogP contribution in [0.15, 0.2) is 48.5 Å². The Bertz CT molecular complexity index is 872. The molecule has 2 aromatic carbocycles. The molecule has 166 valence electrons. The van der Waals surface area contributed by atoms with Gasteiger partial charge in [0.25, 0.3) is 0 Å². The summed E-state index contributed by atoms with van der Waals surface area (Å²) in [7, 11) is 0. The van der Waals surface area contributed by atoms with E-state index in [0.29, 0.717) is 5.69 Å². The molecular formula is C25H34N4O2. The maximum absolute atomic E-state index is 12.4. The topological polar surface area (TPSA) is 64.7 Å². The van der Waals surface area contributed by atoms with Gasteiger partial charge >= 0.3 is 11.8 Å². The van der Waals surface area contributed by atoms with Crippen LogP contribution in [0.4, 0.5) is 11.4 Å². The van der Waals surface area contributed by atoms with E-state index in [1.54, 1.807) is 0 Å². The number of amides is 2. The van der Waals surface area contributed by atoms with Crippen molar-refractivity contribution in [2.24, 2.45) is 0 Å². The lowest BCUT2D eigenvalue weighted by molar-refractivity contribution is -0.136. The third kappa shape index (κ3) is 6.31. The number of hydrogen-bond donors (Lipinski definition) is 2. The summed E-state index contributed by atoms with van der Waals surface area (Å²) in [5.41, 5.74) is 4.03. The Kier molecular flexibility index (Phi) is 8.06. The number of aryl methyl sites for hydroxylation is 1. The lowest BCUT2D eigenvalue weighted by Gasteiger charge is -2.32. The van der Waals surface area contributed by atoms with Gasteiger partial charge in [0.15, 0.2) is 0 Å². The lowest BCUT2D eigenvalue weighted by atomic mass is 10.0. The highest BCUT2D eigenvalue weighted by atomic mass is 16.2. The summed E-state index contributed by atoms with van der Waals surface area (Å²) in [5, 5.41) is 5.67. The molecule has 0 radical (unpaired) electrons. The number of anilines is 2. The zero-order chi connectivity index (χ0) is 22.2. The van der Waals surface area contributed by atoms with Gasteiger partial charge in [-0.15, -0.1) is 0 Å². The molecule has 0 aromatic heterocycles. The summed E-state index contributed by atoms with van der Waals surface area (Å²) in [6.45, 7) is 10.8. The van der Waals surface area contributed by atoms with E-state index in [0.717, 1.165) is 56.8 Å². The lowest BCUT2D eigenvalue weighted by Crippen LogP contribution is -2.47. The summed E-state index contributed by atoms with van der Waals surface area (Å²) < 4.78 is 0. The zero-order valence-electron chi connectivity index (χ0n) is 18.9. The van der Waals surface area contributed by atoms with E-state index in [1.807, 2.05) is 31.2 Å². The summed E-state index contributed by atoms with van der Waals surface area (Å²) in [5.74, 6) is -1.17. The van der Waals surface area contributed by atoms with E-state index in [1.165, 1.54) is 5.56 Å². The van der Waals surface area contributed by atoms with Crippen molar-refractivity contribution < 1.29 is 9.59 Å². The van der Waals surface area contributed by atoms with E-state index in [2.05, 4.69) is 58.5 Å². The van der Waals surface area contributed by atoms with Gasteiger partial charge < -0.3 is 15.5 Å². The van der Waals surface area contributed by atoms with Crippen LogP contribution in [0.1, 0.15) is 37.8 Å². The SMILES string of the molecule is CCN(CC)c1ccc(NC(=O)C(=O)NC2CCN(Cc3ccccc3)CC2)c(C)c1. The van der Waals surface area contributed by atoms with Crippen LogP contribution in [0, 0.1) is 6.92 Å². The van der Waals surface area contributed by atoms with E-state index in [-0.39, 0.29) is 6.04 Å². The quantitative estimate of drug-likeness (QED) is 0.670. The van der Waals surface area contributed by atoms with E-state index < -0.39 is 11.8 Å². The Morgan fingerprint density at radius 3 is 2.29 bits per heavy atom. The largest absolute Gasteiger partial charge is 0.372 e. The molecule has 1 saturated heterocycles. The molecule has 6 nitrogen and oxygen atoms in total. The van der Waals surface area contributed by atoms with Crippen molar-refractivity contribution in [3.63, 3.8) is 0 Å². The van der Waals surface area contributed by atoms with Crippen molar-refractivity contribution in [3.8, 4) is 0 Å². The molecule has 31 heavy (non-hydrogen) atoms. The van der Waals surface area contributed by atoms with Gasteiger partial charge in [0.05, 0.1) is 0 Å². The third-order valence-electron chi connectivity index (χ3n) is 5.96. The normalized spacial score (nSPS) is 14.8. The van der Waals surface area contributed by atoms with Crippen molar-refractivity contribution in [2.75, 3.05) is 36.4 Å². The first-order valence-electron chi connectivity index (χ1n) is 11.2. The summed E-state index contributed by atoms with van der Waals surface area (Å²) in [6.07, 6.45) is 1.70. The minimum absolute atomic E-state index is 0.0383. The molecule has 2 N–H and O–H groups in total. The molecule has 0 saturated carbocycles. The minimum atomic E-state index is -0.606. The fourth-order valence-electron chi connectivity index (χ4n) is 4.08. The Morgan fingerprint density at radius 1 is 1.00 bits per heavy atom. The Hall–Kier alpha value is -2.86. The smallest absolute Gasteiger partial charge is 0.313 e. The maximum Gasteiger partial charge on any atom is 0.313 e. The molecule has 2 amide bonds. The van der Waals surface area contributed by atoms with Gasteiger partial charge in [0.2, 0.25) is 0 Å². The first-order valence-corrected chi connectivity index (χ1v) is 11.2. The van der Waals surface area contributed by atoms with Crippen LogP contribution in [-0.2, 0) is 16.1 Å². The predicted molar refractivity (Wildman–Crippen MR) is 126 cm³/mol. The maximum atomic E-state index is 12.4. The number of piperidine rings is 1. The van der Waals surface area contributed by atoms with E-state index in [9.17, 15) is 9.59 Å². The van der Waals surface area contributed by atoms with Crippen LogP contribution >= 0.6 is 0 Å².